The molecule has 2 aromatic carbocycles. The number of ether oxygens (including phenoxy) is 1. The van der Waals surface area contributed by atoms with Crippen molar-refractivity contribution in [2.75, 3.05) is 50.8 Å². The van der Waals surface area contributed by atoms with Gasteiger partial charge in [-0.3, -0.25) is 19.8 Å². The monoisotopic (exact) mass is 450 g/mol. The minimum absolute atomic E-state index is 0.0672. The summed E-state index contributed by atoms with van der Waals surface area (Å²) in [6.07, 6.45) is 2.66. The van der Waals surface area contributed by atoms with Crippen molar-refractivity contribution in [1.29, 1.82) is 0 Å². The van der Waals surface area contributed by atoms with Gasteiger partial charge in [0.2, 0.25) is 5.91 Å². The molecule has 33 heavy (non-hydrogen) atoms. The Balaban J connectivity index is 1.34. The summed E-state index contributed by atoms with van der Waals surface area (Å²) in [5.74, 6) is 0.879. The highest BCUT2D eigenvalue weighted by Crippen LogP contribution is 2.38. The van der Waals surface area contributed by atoms with E-state index < -0.39 is 0 Å². The van der Waals surface area contributed by atoms with Gasteiger partial charge in [-0.2, -0.15) is 0 Å². The number of benzene rings is 2. The molecule has 0 unspecified atom stereocenters. The lowest BCUT2D eigenvalue weighted by Gasteiger charge is -2.49. The number of amides is 1. The standard InChI is InChI=1S/C25H30N4O4/c30-25(27-10-4-5-11-27)22-17-19-16-20(29(31)32)8-9-23(19)28-13-12-26(18-24(22)28)14-15-33-21-6-2-1-3-7-21/h1-3,6-9,16,22,24H,4-5,10-15,17-18H2/t22-,24+/m1/s1. The maximum atomic E-state index is 13.5. The second-order valence-electron chi connectivity index (χ2n) is 9.14. The van der Waals surface area contributed by atoms with E-state index in [-0.39, 0.29) is 28.5 Å². The molecule has 2 fully saturated rings. The smallest absolute Gasteiger partial charge is 0.269 e. The van der Waals surface area contributed by atoms with E-state index in [2.05, 4.69) is 9.80 Å². The van der Waals surface area contributed by atoms with E-state index in [9.17, 15) is 14.9 Å². The molecule has 0 saturated carbocycles. The highest BCUT2D eigenvalue weighted by molar-refractivity contribution is 5.82. The van der Waals surface area contributed by atoms with Crippen LogP contribution < -0.4 is 9.64 Å². The molecular weight excluding hydrogens is 420 g/mol. The maximum Gasteiger partial charge on any atom is 0.269 e. The molecule has 0 radical (unpaired) electrons. The zero-order chi connectivity index (χ0) is 22.8. The summed E-state index contributed by atoms with van der Waals surface area (Å²) in [5, 5.41) is 11.3. The molecule has 2 saturated heterocycles. The molecule has 3 aliphatic heterocycles. The summed E-state index contributed by atoms with van der Waals surface area (Å²) in [7, 11) is 0. The molecule has 5 rings (SSSR count). The predicted molar refractivity (Wildman–Crippen MR) is 126 cm³/mol. The second-order valence-corrected chi connectivity index (χ2v) is 9.14. The number of rotatable bonds is 6. The van der Waals surface area contributed by atoms with Gasteiger partial charge in [0.25, 0.3) is 5.69 Å². The molecule has 0 aromatic heterocycles. The van der Waals surface area contributed by atoms with Crippen LogP contribution in [0.25, 0.3) is 0 Å². The van der Waals surface area contributed by atoms with Gasteiger partial charge in [0.1, 0.15) is 12.4 Å². The first-order chi connectivity index (χ1) is 16.1. The normalized spacial score (nSPS) is 22.5. The molecule has 0 spiro atoms. The number of nitro groups is 1. The molecule has 0 N–H and O–H groups in total. The average Bonchev–Trinajstić information content (AvgIpc) is 3.38. The maximum absolute atomic E-state index is 13.5. The predicted octanol–water partition coefficient (Wildman–Crippen LogP) is 2.96. The van der Waals surface area contributed by atoms with Gasteiger partial charge < -0.3 is 14.5 Å². The largest absolute Gasteiger partial charge is 0.492 e. The van der Waals surface area contributed by atoms with Crippen LogP contribution in [0.15, 0.2) is 48.5 Å². The molecule has 2 atom stereocenters. The van der Waals surface area contributed by atoms with E-state index >= 15 is 0 Å². The van der Waals surface area contributed by atoms with Crippen LogP contribution in [-0.4, -0.2) is 72.5 Å². The minimum Gasteiger partial charge on any atom is -0.492 e. The van der Waals surface area contributed by atoms with E-state index in [1.54, 1.807) is 12.1 Å². The van der Waals surface area contributed by atoms with Crippen molar-refractivity contribution in [3.63, 3.8) is 0 Å². The summed E-state index contributed by atoms with van der Waals surface area (Å²) in [4.78, 5) is 31.2. The van der Waals surface area contributed by atoms with Gasteiger partial charge in [-0.1, -0.05) is 18.2 Å². The molecule has 0 aliphatic carbocycles. The lowest BCUT2D eigenvalue weighted by Crippen LogP contribution is -2.61. The number of carbonyl (C=O) groups is 1. The van der Waals surface area contributed by atoms with Crippen molar-refractivity contribution in [2.24, 2.45) is 5.92 Å². The topological polar surface area (TPSA) is 79.2 Å². The third kappa shape index (κ3) is 4.53. The van der Waals surface area contributed by atoms with Gasteiger partial charge in [-0.25, -0.2) is 0 Å². The first-order valence-electron chi connectivity index (χ1n) is 11.8. The Labute approximate surface area is 193 Å². The van der Waals surface area contributed by atoms with Gasteiger partial charge in [-0.05, 0) is 43.0 Å². The van der Waals surface area contributed by atoms with E-state index in [4.69, 9.17) is 4.74 Å². The van der Waals surface area contributed by atoms with Gasteiger partial charge >= 0.3 is 0 Å². The van der Waals surface area contributed by atoms with Crippen LogP contribution in [0, 0.1) is 16.0 Å². The lowest BCUT2D eigenvalue weighted by molar-refractivity contribution is -0.384. The first-order valence-corrected chi connectivity index (χ1v) is 11.8. The number of nitro benzene ring substituents is 1. The van der Waals surface area contributed by atoms with E-state index in [1.165, 1.54) is 0 Å². The number of hydrogen-bond acceptors (Lipinski definition) is 6. The Kier molecular flexibility index (Phi) is 6.17. The van der Waals surface area contributed by atoms with Gasteiger partial charge in [0.15, 0.2) is 0 Å². The van der Waals surface area contributed by atoms with Gasteiger partial charge in [0.05, 0.1) is 16.9 Å². The Morgan fingerprint density at radius 3 is 2.61 bits per heavy atom. The number of piperazine rings is 1. The molecule has 3 heterocycles. The van der Waals surface area contributed by atoms with Crippen molar-refractivity contribution >= 4 is 17.3 Å². The van der Waals surface area contributed by atoms with Crippen LogP contribution in [0.5, 0.6) is 5.75 Å². The zero-order valence-electron chi connectivity index (χ0n) is 18.8. The van der Waals surface area contributed by atoms with Crippen molar-refractivity contribution in [3.05, 3.63) is 64.2 Å². The van der Waals surface area contributed by atoms with Crippen molar-refractivity contribution in [2.45, 2.75) is 25.3 Å². The van der Waals surface area contributed by atoms with Crippen molar-refractivity contribution in [1.82, 2.24) is 9.80 Å². The number of hydrogen-bond donors (Lipinski definition) is 0. The lowest BCUT2D eigenvalue weighted by atomic mass is 9.83. The molecule has 8 nitrogen and oxygen atoms in total. The van der Waals surface area contributed by atoms with Crippen LogP contribution in [0.3, 0.4) is 0 Å². The Hall–Kier alpha value is -3.13. The molecule has 174 valence electrons. The molecular formula is C25H30N4O4. The summed E-state index contributed by atoms with van der Waals surface area (Å²) in [6, 6.07) is 15.0. The van der Waals surface area contributed by atoms with Gasteiger partial charge in [0, 0.05) is 57.1 Å². The van der Waals surface area contributed by atoms with E-state index in [0.717, 1.165) is 69.1 Å². The van der Waals surface area contributed by atoms with Crippen molar-refractivity contribution in [3.8, 4) is 5.75 Å². The fourth-order valence-corrected chi connectivity index (χ4v) is 5.45. The Morgan fingerprint density at radius 1 is 1.06 bits per heavy atom. The van der Waals surface area contributed by atoms with Crippen LogP contribution in [-0.2, 0) is 11.2 Å². The van der Waals surface area contributed by atoms with Crippen molar-refractivity contribution < 1.29 is 14.5 Å². The van der Waals surface area contributed by atoms with Crippen LogP contribution in [0.1, 0.15) is 18.4 Å². The molecule has 0 bridgehead atoms. The SMILES string of the molecule is O=C([C@@H]1Cc2cc([N+](=O)[O-])ccc2N2CCN(CCOc3ccccc3)C[C@@H]12)N1CCCC1. The fourth-order valence-electron chi connectivity index (χ4n) is 5.45. The third-order valence-corrected chi connectivity index (χ3v) is 7.14. The minimum atomic E-state index is -0.353. The van der Waals surface area contributed by atoms with Crippen LogP contribution in [0.4, 0.5) is 11.4 Å². The number of carbonyl (C=O) groups excluding carboxylic acids is 1. The fraction of sp³-hybridized carbons (Fsp3) is 0.480. The number of fused-ring (bicyclic) bond motifs is 3. The van der Waals surface area contributed by atoms with E-state index in [1.807, 2.05) is 41.3 Å². The Morgan fingerprint density at radius 2 is 1.85 bits per heavy atom. The summed E-state index contributed by atoms with van der Waals surface area (Å²) in [6.45, 7) is 5.50. The highest BCUT2D eigenvalue weighted by atomic mass is 16.6. The van der Waals surface area contributed by atoms with Crippen LogP contribution >= 0.6 is 0 Å². The molecule has 1 amide bonds. The zero-order valence-corrected chi connectivity index (χ0v) is 18.8. The first kappa shape index (κ1) is 21.7. The summed E-state index contributed by atoms with van der Waals surface area (Å²) >= 11 is 0. The van der Waals surface area contributed by atoms with Crippen LogP contribution in [0.2, 0.25) is 0 Å². The van der Waals surface area contributed by atoms with Gasteiger partial charge in [-0.15, -0.1) is 0 Å². The molecule has 2 aromatic rings. The summed E-state index contributed by atoms with van der Waals surface area (Å²) in [5.41, 5.74) is 2.05. The van der Waals surface area contributed by atoms with E-state index in [0.29, 0.717) is 13.0 Å². The number of para-hydroxylation sites is 1. The molecule has 8 heteroatoms. The highest BCUT2D eigenvalue weighted by Gasteiger charge is 2.43. The molecule has 3 aliphatic rings. The summed E-state index contributed by atoms with van der Waals surface area (Å²) < 4.78 is 5.90. The Bertz CT molecular complexity index is 1010. The number of likely N-dealkylation sites (tertiary alicyclic amines) is 1. The third-order valence-electron chi connectivity index (χ3n) is 7.14. The second kappa shape index (κ2) is 9.39. The average molecular weight is 451 g/mol. The quantitative estimate of drug-likeness (QED) is 0.497. The number of anilines is 1. The number of nitrogens with zero attached hydrogens (tertiary/aromatic N) is 4. The number of non-ortho nitro benzene ring substituents is 1.